The van der Waals surface area contributed by atoms with Gasteiger partial charge in [-0.2, -0.15) is 0 Å². The van der Waals surface area contributed by atoms with E-state index in [1.54, 1.807) is 0 Å². The van der Waals surface area contributed by atoms with Crippen molar-refractivity contribution in [3.05, 3.63) is 35.1 Å². The minimum atomic E-state index is -1.56. The average molecular weight is 250 g/mol. The van der Waals surface area contributed by atoms with Crippen LogP contribution in [-0.4, -0.2) is 21.2 Å². The molecule has 0 amide bonds. The van der Waals surface area contributed by atoms with Crippen molar-refractivity contribution in [2.75, 3.05) is 7.11 Å². The summed E-state index contributed by atoms with van der Waals surface area (Å²) in [6, 6.07) is 4.05. The molecule has 0 atom stereocenters. The summed E-state index contributed by atoms with van der Waals surface area (Å²) < 4.78 is 18.0. The monoisotopic (exact) mass is 250 g/mol. The molecule has 0 fully saturated rings. The number of hydrogen-bond donors (Lipinski definition) is 0. The van der Waals surface area contributed by atoms with Crippen LogP contribution < -0.4 is 0 Å². The Morgan fingerprint density at radius 3 is 2.53 bits per heavy atom. The Kier molecular flexibility index (Phi) is 4.08. The van der Waals surface area contributed by atoms with Crippen molar-refractivity contribution in [3.63, 3.8) is 0 Å². The van der Waals surface area contributed by atoms with Crippen LogP contribution in [0.4, 0.5) is 4.39 Å². The Bertz CT molecular complexity index is 492. The Hall–Kier alpha value is -1.60. The largest absolute Gasteiger partial charge is 0.465 e. The predicted molar refractivity (Wildman–Crippen MR) is 68.0 cm³/mol. The number of hydrogen-bond acceptors (Lipinski definition) is 2. The summed E-state index contributed by atoms with van der Waals surface area (Å²) in [7, 11) is -0.269. The summed E-state index contributed by atoms with van der Waals surface area (Å²) >= 11 is 0. The summed E-state index contributed by atoms with van der Waals surface area (Å²) in [6.45, 7) is 6.21. The zero-order valence-corrected chi connectivity index (χ0v) is 11.4. The number of carbonyl (C=O) groups is 1. The number of esters is 1. The van der Waals surface area contributed by atoms with Gasteiger partial charge in [0.1, 0.15) is 13.9 Å². The number of methoxy groups -OCH3 is 1. The first-order valence-electron chi connectivity index (χ1n) is 5.24. The third-order valence-corrected chi connectivity index (χ3v) is 2.83. The lowest BCUT2D eigenvalue weighted by atomic mass is 10.1. The van der Waals surface area contributed by atoms with Crippen LogP contribution >= 0.6 is 0 Å². The highest BCUT2D eigenvalue weighted by atomic mass is 28.3. The van der Waals surface area contributed by atoms with Gasteiger partial charge < -0.3 is 4.74 Å². The fraction of sp³-hybridized carbons (Fsp3) is 0.308. The molecule has 0 N–H and O–H groups in total. The summed E-state index contributed by atoms with van der Waals surface area (Å²) in [5.41, 5.74) is 3.62. The third-order valence-electron chi connectivity index (χ3n) is 1.96. The summed E-state index contributed by atoms with van der Waals surface area (Å²) in [6.07, 6.45) is 0. The van der Waals surface area contributed by atoms with Gasteiger partial charge in [0.15, 0.2) is 0 Å². The highest BCUT2D eigenvalue weighted by molar-refractivity contribution is 6.83. The van der Waals surface area contributed by atoms with Crippen molar-refractivity contribution < 1.29 is 13.9 Å². The van der Waals surface area contributed by atoms with Crippen LogP contribution in [0.15, 0.2) is 18.2 Å². The van der Waals surface area contributed by atoms with Gasteiger partial charge >= 0.3 is 5.97 Å². The van der Waals surface area contributed by atoms with Gasteiger partial charge in [-0.1, -0.05) is 25.6 Å². The summed E-state index contributed by atoms with van der Waals surface area (Å²) in [4.78, 5) is 11.3. The number of ether oxygens (including phenoxy) is 1. The van der Waals surface area contributed by atoms with Crippen LogP contribution in [0.5, 0.6) is 0 Å². The van der Waals surface area contributed by atoms with Crippen LogP contribution in [-0.2, 0) is 4.74 Å². The molecule has 0 saturated carbocycles. The van der Waals surface area contributed by atoms with Crippen LogP contribution in [0, 0.1) is 17.3 Å². The van der Waals surface area contributed by atoms with Crippen LogP contribution in [0.25, 0.3) is 0 Å². The summed E-state index contributed by atoms with van der Waals surface area (Å²) in [5.74, 6) is 1.90. The van der Waals surface area contributed by atoms with Crippen LogP contribution in [0.3, 0.4) is 0 Å². The second kappa shape index (κ2) is 5.15. The van der Waals surface area contributed by atoms with Gasteiger partial charge in [-0.15, -0.1) is 5.54 Å². The minimum absolute atomic E-state index is 0.246. The number of benzene rings is 1. The molecule has 0 radical (unpaired) electrons. The number of rotatable bonds is 1. The molecule has 0 aliphatic heterocycles. The van der Waals surface area contributed by atoms with Crippen molar-refractivity contribution in [2.24, 2.45) is 0 Å². The number of halogens is 1. The Balaban J connectivity index is 3.14. The summed E-state index contributed by atoms with van der Waals surface area (Å²) in [5, 5.41) is 0. The van der Waals surface area contributed by atoms with Crippen molar-refractivity contribution in [2.45, 2.75) is 19.6 Å². The van der Waals surface area contributed by atoms with E-state index in [2.05, 4.69) is 35.8 Å². The first-order chi connectivity index (χ1) is 7.83. The molecule has 17 heavy (non-hydrogen) atoms. The van der Waals surface area contributed by atoms with E-state index in [-0.39, 0.29) is 5.56 Å². The molecule has 0 aliphatic carbocycles. The van der Waals surface area contributed by atoms with E-state index in [9.17, 15) is 9.18 Å². The molecule has 0 saturated heterocycles. The molecule has 1 aromatic rings. The fourth-order valence-corrected chi connectivity index (χ4v) is 1.63. The fourth-order valence-electron chi connectivity index (χ4n) is 1.12. The van der Waals surface area contributed by atoms with E-state index in [0.29, 0.717) is 5.56 Å². The molecule has 2 nitrogen and oxygen atoms in total. The van der Waals surface area contributed by atoms with Gasteiger partial charge in [-0.25, -0.2) is 9.18 Å². The van der Waals surface area contributed by atoms with Gasteiger partial charge in [0, 0.05) is 0 Å². The predicted octanol–water partition coefficient (Wildman–Crippen LogP) is 2.84. The zero-order chi connectivity index (χ0) is 13.1. The lowest BCUT2D eigenvalue weighted by molar-refractivity contribution is 0.0600. The highest BCUT2D eigenvalue weighted by Crippen LogP contribution is 2.11. The quantitative estimate of drug-likeness (QED) is 0.435. The van der Waals surface area contributed by atoms with Gasteiger partial charge in [0.2, 0.25) is 0 Å². The molecule has 90 valence electrons. The molecule has 0 aromatic heterocycles. The minimum Gasteiger partial charge on any atom is -0.465 e. The van der Waals surface area contributed by atoms with Crippen LogP contribution in [0.2, 0.25) is 19.6 Å². The maximum Gasteiger partial charge on any atom is 0.337 e. The van der Waals surface area contributed by atoms with E-state index in [1.165, 1.54) is 25.3 Å². The third kappa shape index (κ3) is 4.04. The second-order valence-electron chi connectivity index (χ2n) is 4.69. The first kappa shape index (κ1) is 13.5. The van der Waals surface area contributed by atoms with E-state index in [4.69, 9.17) is 0 Å². The molecule has 1 rings (SSSR count). The van der Waals surface area contributed by atoms with Crippen molar-refractivity contribution >= 4 is 14.0 Å². The lowest BCUT2D eigenvalue weighted by Gasteiger charge is -2.04. The Morgan fingerprint density at radius 1 is 1.35 bits per heavy atom. The van der Waals surface area contributed by atoms with Crippen molar-refractivity contribution in [3.8, 4) is 11.5 Å². The van der Waals surface area contributed by atoms with E-state index in [1.807, 2.05) is 0 Å². The maximum atomic E-state index is 13.5. The highest BCUT2D eigenvalue weighted by Gasteiger charge is 2.10. The normalized spacial score (nSPS) is 10.4. The van der Waals surface area contributed by atoms with Crippen LogP contribution in [0.1, 0.15) is 15.9 Å². The number of carbonyl (C=O) groups excluding carboxylic acids is 1. The van der Waals surface area contributed by atoms with Gasteiger partial charge in [0.25, 0.3) is 0 Å². The molecule has 4 heteroatoms. The molecule has 0 heterocycles. The van der Waals surface area contributed by atoms with Gasteiger partial charge in [-0.05, 0) is 18.2 Å². The molecule has 1 aromatic carbocycles. The first-order valence-corrected chi connectivity index (χ1v) is 8.74. The smallest absolute Gasteiger partial charge is 0.337 e. The molecule has 0 unspecified atom stereocenters. The average Bonchev–Trinajstić information content (AvgIpc) is 2.26. The Morgan fingerprint density at radius 2 is 2.00 bits per heavy atom. The topological polar surface area (TPSA) is 26.3 Å². The maximum absolute atomic E-state index is 13.5. The molecule has 0 aliphatic rings. The van der Waals surface area contributed by atoms with Crippen molar-refractivity contribution in [1.82, 2.24) is 0 Å². The van der Waals surface area contributed by atoms with E-state index < -0.39 is 19.9 Å². The van der Waals surface area contributed by atoms with Gasteiger partial charge in [0.05, 0.1) is 18.2 Å². The Labute approximate surface area is 102 Å². The lowest BCUT2D eigenvalue weighted by Crippen LogP contribution is -2.16. The second-order valence-corrected chi connectivity index (χ2v) is 9.44. The SMILES string of the molecule is COC(=O)c1ccc(F)c(C#C[Si](C)(C)C)c1. The molecule has 0 bridgehead atoms. The standard InChI is InChI=1S/C13H15FO2Si/c1-16-13(15)11-5-6-12(14)10(9-11)7-8-17(2,3)4/h5-6,9H,1-4H3. The van der Waals surface area contributed by atoms with Gasteiger partial charge in [-0.3, -0.25) is 0 Å². The van der Waals surface area contributed by atoms with Crippen molar-refractivity contribution in [1.29, 1.82) is 0 Å². The molecular formula is C13H15FO2Si. The van der Waals surface area contributed by atoms with E-state index >= 15 is 0 Å². The molecule has 0 spiro atoms. The van der Waals surface area contributed by atoms with E-state index in [0.717, 1.165) is 0 Å². The zero-order valence-electron chi connectivity index (χ0n) is 10.4. The molecular weight excluding hydrogens is 235 g/mol.